The second-order valence-corrected chi connectivity index (χ2v) is 8.29. The number of anilines is 1. The highest BCUT2D eigenvalue weighted by Crippen LogP contribution is 2.19. The Labute approximate surface area is 182 Å². The van der Waals surface area contributed by atoms with Crippen molar-refractivity contribution in [3.63, 3.8) is 0 Å². The number of hydrogen-bond acceptors (Lipinski definition) is 6. The molecule has 0 saturated heterocycles. The fourth-order valence-electron chi connectivity index (χ4n) is 3.31. The van der Waals surface area contributed by atoms with Gasteiger partial charge in [0.1, 0.15) is 18.2 Å². The molecule has 1 heterocycles. The molecule has 2 amide bonds. The molecule has 2 N–H and O–H groups in total. The summed E-state index contributed by atoms with van der Waals surface area (Å²) >= 11 is 1.11. The van der Waals surface area contributed by atoms with Crippen molar-refractivity contribution < 1.29 is 18.7 Å². The fourth-order valence-corrected chi connectivity index (χ4v) is 3.96. The minimum atomic E-state index is -0.395. The summed E-state index contributed by atoms with van der Waals surface area (Å²) in [5.41, 5.74) is 1.11. The quantitative estimate of drug-likeness (QED) is 0.575. The van der Waals surface area contributed by atoms with Gasteiger partial charge in [0.15, 0.2) is 5.01 Å². The zero-order valence-electron chi connectivity index (χ0n) is 16.6. The van der Waals surface area contributed by atoms with E-state index in [1.165, 1.54) is 24.3 Å². The molecule has 1 aromatic heterocycles. The SMILES string of the molecule is O=C(NC1CCCC1)c1ccc(NC(=O)c2nnc(COc3ccc(F)cc3)s2)cc1. The van der Waals surface area contributed by atoms with Gasteiger partial charge in [0.05, 0.1) is 0 Å². The monoisotopic (exact) mass is 440 g/mol. The Bertz CT molecular complexity index is 1050. The molecule has 0 radical (unpaired) electrons. The lowest BCUT2D eigenvalue weighted by atomic mass is 10.1. The van der Waals surface area contributed by atoms with Crippen LogP contribution in [0.25, 0.3) is 0 Å². The summed E-state index contributed by atoms with van der Waals surface area (Å²) in [4.78, 5) is 24.7. The van der Waals surface area contributed by atoms with Crippen LogP contribution in [0.1, 0.15) is 50.9 Å². The first-order valence-corrected chi connectivity index (χ1v) is 10.8. The number of ether oxygens (including phenoxy) is 1. The Morgan fingerprint density at radius 2 is 1.71 bits per heavy atom. The molecule has 4 rings (SSSR count). The Balaban J connectivity index is 1.29. The van der Waals surface area contributed by atoms with E-state index in [-0.39, 0.29) is 29.4 Å². The molecule has 3 aromatic rings. The summed E-state index contributed by atoms with van der Waals surface area (Å²) in [6.45, 7) is 0.126. The minimum absolute atomic E-state index is 0.0975. The third kappa shape index (κ3) is 5.64. The molecule has 2 aromatic carbocycles. The maximum absolute atomic E-state index is 12.9. The van der Waals surface area contributed by atoms with Crippen LogP contribution in [-0.4, -0.2) is 28.1 Å². The van der Waals surface area contributed by atoms with Crippen LogP contribution in [0.3, 0.4) is 0 Å². The van der Waals surface area contributed by atoms with E-state index in [0.717, 1.165) is 37.0 Å². The van der Waals surface area contributed by atoms with Gasteiger partial charge in [-0.25, -0.2) is 4.39 Å². The highest BCUT2D eigenvalue weighted by atomic mass is 32.1. The van der Waals surface area contributed by atoms with Gasteiger partial charge in [0.25, 0.3) is 11.8 Å². The minimum Gasteiger partial charge on any atom is -0.486 e. The number of halogens is 1. The van der Waals surface area contributed by atoms with Crippen LogP contribution in [0.2, 0.25) is 0 Å². The molecule has 1 fully saturated rings. The molecular formula is C22H21FN4O3S. The average molecular weight is 441 g/mol. The molecule has 31 heavy (non-hydrogen) atoms. The van der Waals surface area contributed by atoms with E-state index in [9.17, 15) is 14.0 Å². The number of hydrogen-bond donors (Lipinski definition) is 2. The summed E-state index contributed by atoms with van der Waals surface area (Å²) in [5.74, 6) is -0.335. The number of aromatic nitrogens is 2. The summed E-state index contributed by atoms with van der Waals surface area (Å²) in [6.07, 6.45) is 4.36. The summed E-state index contributed by atoms with van der Waals surface area (Å²) in [5, 5.41) is 14.3. The van der Waals surface area contributed by atoms with Crippen LogP contribution >= 0.6 is 11.3 Å². The average Bonchev–Trinajstić information content (AvgIpc) is 3.46. The van der Waals surface area contributed by atoms with Crippen molar-refractivity contribution in [3.8, 4) is 5.75 Å². The molecule has 9 heteroatoms. The smallest absolute Gasteiger partial charge is 0.286 e. The van der Waals surface area contributed by atoms with Crippen LogP contribution in [0.15, 0.2) is 48.5 Å². The van der Waals surface area contributed by atoms with E-state index in [0.29, 0.717) is 22.0 Å². The van der Waals surface area contributed by atoms with Gasteiger partial charge >= 0.3 is 0 Å². The molecule has 0 spiro atoms. The third-order valence-corrected chi connectivity index (χ3v) is 5.83. The van der Waals surface area contributed by atoms with Crippen molar-refractivity contribution in [2.45, 2.75) is 38.3 Å². The first kappa shape index (κ1) is 20.9. The second kappa shape index (κ2) is 9.65. The van der Waals surface area contributed by atoms with Crippen molar-refractivity contribution in [2.24, 2.45) is 0 Å². The number of nitrogens with zero attached hydrogens (tertiary/aromatic N) is 2. The first-order valence-electron chi connectivity index (χ1n) is 10.00. The van der Waals surface area contributed by atoms with Crippen molar-refractivity contribution in [3.05, 3.63) is 69.9 Å². The fraction of sp³-hybridized carbons (Fsp3) is 0.273. The maximum atomic E-state index is 12.9. The Kier molecular flexibility index (Phi) is 6.51. The van der Waals surface area contributed by atoms with E-state index < -0.39 is 5.91 Å². The second-order valence-electron chi connectivity index (χ2n) is 7.23. The normalized spacial score (nSPS) is 13.7. The van der Waals surface area contributed by atoms with Crippen molar-refractivity contribution >= 4 is 28.8 Å². The van der Waals surface area contributed by atoms with Gasteiger partial charge in [-0.2, -0.15) is 0 Å². The molecule has 0 bridgehead atoms. The molecule has 1 aliphatic rings. The summed E-state index contributed by atoms with van der Waals surface area (Å²) < 4.78 is 18.4. The van der Waals surface area contributed by atoms with Gasteiger partial charge in [0.2, 0.25) is 5.01 Å². The van der Waals surface area contributed by atoms with Gasteiger partial charge < -0.3 is 15.4 Å². The van der Waals surface area contributed by atoms with Crippen LogP contribution in [0, 0.1) is 5.82 Å². The number of carbonyl (C=O) groups is 2. The molecule has 0 unspecified atom stereocenters. The molecule has 1 aliphatic carbocycles. The largest absolute Gasteiger partial charge is 0.486 e. The van der Waals surface area contributed by atoms with E-state index in [1.54, 1.807) is 24.3 Å². The van der Waals surface area contributed by atoms with Gasteiger partial charge in [-0.3, -0.25) is 9.59 Å². The number of carbonyl (C=O) groups excluding carboxylic acids is 2. The Hall–Kier alpha value is -3.33. The summed E-state index contributed by atoms with van der Waals surface area (Å²) in [6, 6.07) is 12.6. The topological polar surface area (TPSA) is 93.2 Å². The standard InChI is InChI=1S/C22H21FN4O3S/c23-15-7-11-18(12-8-15)30-13-19-26-27-22(31-19)21(29)25-17-9-5-14(6-10-17)20(28)24-16-3-1-2-4-16/h5-12,16H,1-4,13H2,(H,24,28)(H,25,29). The molecular weight excluding hydrogens is 419 g/mol. The maximum Gasteiger partial charge on any atom is 0.286 e. The van der Waals surface area contributed by atoms with Crippen LogP contribution in [0.5, 0.6) is 5.75 Å². The Morgan fingerprint density at radius 3 is 2.42 bits per heavy atom. The van der Waals surface area contributed by atoms with Gasteiger partial charge in [0, 0.05) is 17.3 Å². The Morgan fingerprint density at radius 1 is 1.00 bits per heavy atom. The predicted octanol–water partition coefficient (Wildman–Crippen LogP) is 4.18. The number of rotatable bonds is 7. The number of nitrogens with one attached hydrogen (secondary N) is 2. The van der Waals surface area contributed by atoms with E-state index in [2.05, 4.69) is 20.8 Å². The zero-order chi connectivity index (χ0) is 21.6. The molecule has 160 valence electrons. The zero-order valence-corrected chi connectivity index (χ0v) is 17.5. The molecule has 1 saturated carbocycles. The molecule has 0 atom stereocenters. The molecule has 7 nitrogen and oxygen atoms in total. The van der Waals surface area contributed by atoms with Crippen LogP contribution in [0.4, 0.5) is 10.1 Å². The molecule has 0 aliphatic heterocycles. The van der Waals surface area contributed by atoms with Crippen molar-refractivity contribution in [1.29, 1.82) is 0 Å². The van der Waals surface area contributed by atoms with Gasteiger partial charge in [-0.05, 0) is 61.4 Å². The van der Waals surface area contributed by atoms with Crippen LogP contribution < -0.4 is 15.4 Å². The van der Waals surface area contributed by atoms with E-state index in [1.807, 2.05) is 0 Å². The van der Waals surface area contributed by atoms with Gasteiger partial charge in [-0.15, -0.1) is 10.2 Å². The lowest BCUT2D eigenvalue weighted by Gasteiger charge is -2.12. The van der Waals surface area contributed by atoms with Gasteiger partial charge in [-0.1, -0.05) is 24.2 Å². The van der Waals surface area contributed by atoms with Crippen LogP contribution in [-0.2, 0) is 6.61 Å². The highest BCUT2D eigenvalue weighted by molar-refractivity contribution is 7.13. The number of amides is 2. The predicted molar refractivity (Wildman–Crippen MR) is 115 cm³/mol. The first-order chi connectivity index (χ1) is 15.1. The highest BCUT2D eigenvalue weighted by Gasteiger charge is 2.18. The summed E-state index contributed by atoms with van der Waals surface area (Å²) in [7, 11) is 0. The van der Waals surface area contributed by atoms with Crippen molar-refractivity contribution in [1.82, 2.24) is 15.5 Å². The number of benzene rings is 2. The lowest BCUT2D eigenvalue weighted by Crippen LogP contribution is -2.32. The van der Waals surface area contributed by atoms with Crippen molar-refractivity contribution in [2.75, 3.05) is 5.32 Å². The lowest BCUT2D eigenvalue weighted by molar-refractivity contribution is 0.0937. The van der Waals surface area contributed by atoms with E-state index in [4.69, 9.17) is 4.74 Å². The third-order valence-electron chi connectivity index (χ3n) is 4.93. The van der Waals surface area contributed by atoms with E-state index >= 15 is 0 Å².